The van der Waals surface area contributed by atoms with E-state index < -0.39 is 11.6 Å². The highest BCUT2D eigenvalue weighted by Gasteiger charge is 2.21. The second-order valence-corrected chi connectivity index (χ2v) is 4.32. The van der Waals surface area contributed by atoms with Crippen LogP contribution in [-0.4, -0.2) is 21.8 Å². The van der Waals surface area contributed by atoms with E-state index in [9.17, 15) is 9.90 Å². The SMILES string of the molecule is Cc1ccc(/C(=C/C(=O)O)C(C)(C)O)cc1. The Labute approximate surface area is 95.0 Å². The molecule has 0 saturated heterocycles. The van der Waals surface area contributed by atoms with Crippen LogP contribution in [0.1, 0.15) is 25.0 Å². The fraction of sp³-hybridized carbons (Fsp3) is 0.308. The Morgan fingerprint density at radius 3 is 2.12 bits per heavy atom. The Balaban J connectivity index is 3.23. The summed E-state index contributed by atoms with van der Waals surface area (Å²) in [4.78, 5) is 10.7. The van der Waals surface area contributed by atoms with Gasteiger partial charge in [-0.25, -0.2) is 4.79 Å². The monoisotopic (exact) mass is 220 g/mol. The topological polar surface area (TPSA) is 57.5 Å². The molecule has 0 heterocycles. The fourth-order valence-electron chi connectivity index (χ4n) is 1.47. The number of rotatable bonds is 3. The maximum absolute atomic E-state index is 10.7. The number of carboxylic acids is 1. The van der Waals surface area contributed by atoms with Gasteiger partial charge in [0.2, 0.25) is 0 Å². The van der Waals surface area contributed by atoms with Gasteiger partial charge in [-0.05, 0) is 31.9 Å². The van der Waals surface area contributed by atoms with Crippen molar-refractivity contribution in [1.82, 2.24) is 0 Å². The molecule has 1 aromatic carbocycles. The van der Waals surface area contributed by atoms with E-state index in [0.717, 1.165) is 17.2 Å². The molecule has 86 valence electrons. The number of benzene rings is 1. The van der Waals surface area contributed by atoms with E-state index in [1.54, 1.807) is 13.8 Å². The van der Waals surface area contributed by atoms with Gasteiger partial charge in [0.25, 0.3) is 0 Å². The van der Waals surface area contributed by atoms with Crippen LogP contribution in [0.5, 0.6) is 0 Å². The molecule has 0 aliphatic rings. The molecule has 0 atom stereocenters. The summed E-state index contributed by atoms with van der Waals surface area (Å²) < 4.78 is 0. The largest absolute Gasteiger partial charge is 0.478 e. The number of aryl methyl sites for hydroxylation is 1. The third-order valence-electron chi connectivity index (χ3n) is 2.29. The van der Waals surface area contributed by atoms with Crippen molar-refractivity contribution in [2.45, 2.75) is 26.4 Å². The molecule has 3 nitrogen and oxygen atoms in total. The maximum atomic E-state index is 10.7. The van der Waals surface area contributed by atoms with E-state index in [4.69, 9.17) is 5.11 Å². The first-order valence-electron chi connectivity index (χ1n) is 5.05. The van der Waals surface area contributed by atoms with Gasteiger partial charge in [-0.1, -0.05) is 29.8 Å². The lowest BCUT2D eigenvalue weighted by molar-refractivity contribution is -0.131. The van der Waals surface area contributed by atoms with Gasteiger partial charge in [-0.3, -0.25) is 0 Å². The summed E-state index contributed by atoms with van der Waals surface area (Å²) in [5.74, 6) is -1.06. The average Bonchev–Trinajstić information content (AvgIpc) is 2.14. The predicted octanol–water partition coefficient (Wildman–Crippen LogP) is 2.23. The Kier molecular flexibility index (Phi) is 3.50. The number of aliphatic carboxylic acids is 1. The lowest BCUT2D eigenvalue weighted by Gasteiger charge is -2.21. The zero-order valence-corrected chi connectivity index (χ0v) is 9.69. The highest BCUT2D eigenvalue weighted by molar-refractivity contribution is 5.91. The first-order valence-corrected chi connectivity index (χ1v) is 5.05. The van der Waals surface area contributed by atoms with Gasteiger partial charge in [0.15, 0.2) is 0 Å². The van der Waals surface area contributed by atoms with Gasteiger partial charge >= 0.3 is 5.97 Å². The van der Waals surface area contributed by atoms with Crippen molar-refractivity contribution in [1.29, 1.82) is 0 Å². The number of hydrogen-bond acceptors (Lipinski definition) is 2. The molecule has 0 bridgehead atoms. The molecule has 1 rings (SSSR count). The van der Waals surface area contributed by atoms with Gasteiger partial charge in [-0.15, -0.1) is 0 Å². The lowest BCUT2D eigenvalue weighted by atomic mass is 9.90. The van der Waals surface area contributed by atoms with Crippen LogP contribution < -0.4 is 0 Å². The summed E-state index contributed by atoms with van der Waals surface area (Å²) in [5.41, 5.74) is 1.04. The minimum Gasteiger partial charge on any atom is -0.478 e. The summed E-state index contributed by atoms with van der Waals surface area (Å²) in [6, 6.07) is 7.39. The number of aliphatic hydroxyl groups is 1. The van der Waals surface area contributed by atoms with Gasteiger partial charge in [0, 0.05) is 6.08 Å². The van der Waals surface area contributed by atoms with Crippen LogP contribution in [0.4, 0.5) is 0 Å². The van der Waals surface area contributed by atoms with Gasteiger partial charge in [-0.2, -0.15) is 0 Å². The normalized spacial score (nSPS) is 12.6. The van der Waals surface area contributed by atoms with Gasteiger partial charge in [0.05, 0.1) is 5.60 Å². The second kappa shape index (κ2) is 4.49. The molecule has 0 aromatic heterocycles. The molecule has 0 fully saturated rings. The number of hydrogen-bond donors (Lipinski definition) is 2. The summed E-state index contributed by atoms with van der Waals surface area (Å²) in [5, 5.41) is 18.7. The predicted molar refractivity (Wildman–Crippen MR) is 63.1 cm³/mol. The first-order chi connectivity index (χ1) is 7.30. The van der Waals surface area contributed by atoms with E-state index in [-0.39, 0.29) is 0 Å². The van der Waals surface area contributed by atoms with Crippen molar-refractivity contribution in [2.24, 2.45) is 0 Å². The average molecular weight is 220 g/mol. The van der Waals surface area contributed by atoms with Crippen LogP contribution in [0.25, 0.3) is 5.57 Å². The molecule has 0 amide bonds. The molecular formula is C13H16O3. The quantitative estimate of drug-likeness (QED) is 0.768. The minimum atomic E-state index is -1.17. The zero-order valence-electron chi connectivity index (χ0n) is 9.69. The summed E-state index contributed by atoms with van der Waals surface area (Å²) in [6.45, 7) is 5.09. The van der Waals surface area contributed by atoms with Crippen molar-refractivity contribution < 1.29 is 15.0 Å². The first kappa shape index (κ1) is 12.5. The Hall–Kier alpha value is -1.61. The Morgan fingerprint density at radius 2 is 1.75 bits per heavy atom. The third-order valence-corrected chi connectivity index (χ3v) is 2.29. The fourth-order valence-corrected chi connectivity index (χ4v) is 1.47. The molecule has 1 aromatic rings. The highest BCUT2D eigenvalue weighted by atomic mass is 16.4. The molecule has 16 heavy (non-hydrogen) atoms. The van der Waals surface area contributed by atoms with Crippen molar-refractivity contribution >= 4 is 11.5 Å². The molecule has 0 spiro atoms. The standard InChI is InChI=1S/C13H16O3/c1-9-4-6-10(7-5-9)11(8-12(14)15)13(2,3)16/h4-8,16H,1-3H3,(H,14,15)/b11-8-. The van der Waals surface area contributed by atoms with E-state index in [1.165, 1.54) is 0 Å². The Bertz CT molecular complexity index is 408. The van der Waals surface area contributed by atoms with Crippen LogP contribution in [-0.2, 0) is 4.79 Å². The lowest BCUT2D eigenvalue weighted by Crippen LogP contribution is -2.21. The van der Waals surface area contributed by atoms with Gasteiger partial charge in [0.1, 0.15) is 0 Å². The molecule has 0 unspecified atom stereocenters. The van der Waals surface area contributed by atoms with Gasteiger partial charge < -0.3 is 10.2 Å². The van der Waals surface area contributed by atoms with Crippen LogP contribution in [0, 0.1) is 6.92 Å². The summed E-state index contributed by atoms with van der Waals surface area (Å²) >= 11 is 0. The second-order valence-electron chi connectivity index (χ2n) is 4.32. The van der Waals surface area contributed by atoms with Crippen molar-refractivity contribution in [2.75, 3.05) is 0 Å². The Morgan fingerprint density at radius 1 is 1.25 bits per heavy atom. The molecule has 0 aliphatic carbocycles. The van der Waals surface area contributed by atoms with Crippen molar-refractivity contribution in [3.8, 4) is 0 Å². The molecule has 0 aliphatic heterocycles. The van der Waals surface area contributed by atoms with Crippen LogP contribution >= 0.6 is 0 Å². The summed E-state index contributed by atoms with van der Waals surface area (Å²) in [7, 11) is 0. The van der Waals surface area contributed by atoms with Crippen molar-refractivity contribution in [3.63, 3.8) is 0 Å². The van der Waals surface area contributed by atoms with E-state index in [1.807, 2.05) is 31.2 Å². The number of carboxylic acid groups (broad SMARTS) is 1. The maximum Gasteiger partial charge on any atom is 0.328 e. The summed E-state index contributed by atoms with van der Waals surface area (Å²) in [6.07, 6.45) is 1.05. The van der Waals surface area contributed by atoms with Crippen LogP contribution in [0.15, 0.2) is 30.3 Å². The highest BCUT2D eigenvalue weighted by Crippen LogP contribution is 2.26. The molecule has 0 saturated carbocycles. The van der Waals surface area contributed by atoms with E-state index >= 15 is 0 Å². The minimum absolute atomic E-state index is 0.403. The van der Waals surface area contributed by atoms with Crippen molar-refractivity contribution in [3.05, 3.63) is 41.5 Å². The smallest absolute Gasteiger partial charge is 0.328 e. The number of carbonyl (C=O) groups is 1. The van der Waals surface area contributed by atoms with E-state index in [0.29, 0.717) is 5.57 Å². The molecule has 0 radical (unpaired) electrons. The molecule has 2 N–H and O–H groups in total. The third kappa shape index (κ3) is 3.21. The van der Waals surface area contributed by atoms with Crippen LogP contribution in [0.2, 0.25) is 0 Å². The van der Waals surface area contributed by atoms with E-state index in [2.05, 4.69) is 0 Å². The molecular weight excluding hydrogens is 204 g/mol. The zero-order chi connectivity index (χ0) is 12.3. The molecule has 3 heteroatoms. The van der Waals surface area contributed by atoms with Crippen LogP contribution in [0.3, 0.4) is 0 Å².